The predicted octanol–water partition coefficient (Wildman–Crippen LogP) is 5.39. The Hall–Kier alpha value is -2.47. The molecule has 5 rings (SSSR count). The van der Waals surface area contributed by atoms with Gasteiger partial charge in [0, 0.05) is 30.9 Å². The van der Waals surface area contributed by atoms with E-state index in [0.717, 1.165) is 51.9 Å². The van der Waals surface area contributed by atoms with Gasteiger partial charge in [-0.25, -0.2) is 15.0 Å². The molecule has 0 spiro atoms. The fraction of sp³-hybridized carbons (Fsp3) is 0.435. The van der Waals surface area contributed by atoms with Crippen LogP contribution in [0.4, 0.5) is 11.1 Å². The summed E-state index contributed by atoms with van der Waals surface area (Å²) in [5.74, 6) is 1.53. The molecule has 1 aromatic carbocycles. The van der Waals surface area contributed by atoms with Gasteiger partial charge in [0.1, 0.15) is 0 Å². The molecular formula is C23H27N5S. The quantitative estimate of drug-likeness (QED) is 0.617. The molecule has 5 nitrogen and oxygen atoms in total. The van der Waals surface area contributed by atoms with Gasteiger partial charge in [0.05, 0.1) is 16.3 Å². The number of thiazole rings is 1. The number of nitrogens with one attached hydrogen (secondary N) is 1. The number of nitrogens with zero attached hydrogens (tertiary/aromatic N) is 4. The second-order valence-corrected chi connectivity index (χ2v) is 9.37. The van der Waals surface area contributed by atoms with Crippen molar-refractivity contribution in [2.45, 2.75) is 45.6 Å². The normalized spacial score (nSPS) is 17.5. The van der Waals surface area contributed by atoms with Crippen molar-refractivity contribution in [3.05, 3.63) is 42.1 Å². The van der Waals surface area contributed by atoms with Crippen LogP contribution >= 0.6 is 11.3 Å². The van der Waals surface area contributed by atoms with Crippen LogP contribution < -0.4 is 10.2 Å². The molecule has 1 saturated carbocycles. The minimum atomic E-state index is 0.536. The van der Waals surface area contributed by atoms with E-state index in [1.54, 1.807) is 11.3 Å². The van der Waals surface area contributed by atoms with E-state index in [1.165, 1.54) is 31.2 Å². The molecule has 150 valence electrons. The SMILES string of the molecule is Cc1cccc(-c2nc(N3CCC(C)CC3)sc2-c2ccnc(NC3CC3)n2)c1. The van der Waals surface area contributed by atoms with Gasteiger partial charge >= 0.3 is 0 Å². The van der Waals surface area contributed by atoms with Crippen molar-refractivity contribution in [1.82, 2.24) is 15.0 Å². The van der Waals surface area contributed by atoms with Crippen molar-refractivity contribution < 1.29 is 0 Å². The number of hydrogen-bond acceptors (Lipinski definition) is 6. The Morgan fingerprint density at radius 1 is 1.07 bits per heavy atom. The second kappa shape index (κ2) is 7.75. The van der Waals surface area contributed by atoms with Crippen molar-refractivity contribution in [3.63, 3.8) is 0 Å². The van der Waals surface area contributed by atoms with Crippen LogP contribution in [0.5, 0.6) is 0 Å². The molecule has 29 heavy (non-hydrogen) atoms. The van der Waals surface area contributed by atoms with Gasteiger partial charge in [-0.2, -0.15) is 0 Å². The Labute approximate surface area is 176 Å². The first-order valence-corrected chi connectivity index (χ1v) is 11.4. The van der Waals surface area contributed by atoms with Crippen LogP contribution in [-0.2, 0) is 0 Å². The lowest BCUT2D eigenvalue weighted by molar-refractivity contribution is 0.438. The van der Waals surface area contributed by atoms with E-state index >= 15 is 0 Å². The molecule has 0 bridgehead atoms. The van der Waals surface area contributed by atoms with Crippen LogP contribution in [0.25, 0.3) is 21.8 Å². The molecule has 0 unspecified atom stereocenters. The van der Waals surface area contributed by atoms with E-state index in [9.17, 15) is 0 Å². The van der Waals surface area contributed by atoms with Crippen LogP contribution in [0.1, 0.15) is 38.2 Å². The maximum absolute atomic E-state index is 5.11. The lowest BCUT2D eigenvalue weighted by Crippen LogP contribution is -2.32. The number of rotatable bonds is 5. The highest BCUT2D eigenvalue weighted by Gasteiger charge is 2.24. The molecule has 0 radical (unpaired) electrons. The first-order chi connectivity index (χ1) is 14.2. The molecule has 2 aromatic heterocycles. The Kier molecular flexibility index (Phi) is 4.96. The molecule has 1 aliphatic heterocycles. The number of piperidine rings is 1. The Morgan fingerprint density at radius 3 is 2.66 bits per heavy atom. The molecular weight excluding hydrogens is 378 g/mol. The van der Waals surface area contributed by atoms with E-state index in [4.69, 9.17) is 9.97 Å². The van der Waals surface area contributed by atoms with Crippen molar-refractivity contribution in [1.29, 1.82) is 0 Å². The van der Waals surface area contributed by atoms with Crippen LogP contribution in [0.3, 0.4) is 0 Å². The smallest absolute Gasteiger partial charge is 0.223 e. The van der Waals surface area contributed by atoms with Gasteiger partial charge in [-0.05, 0) is 50.7 Å². The molecule has 1 N–H and O–H groups in total. The fourth-order valence-corrected chi connectivity index (χ4v) is 4.88. The zero-order valence-electron chi connectivity index (χ0n) is 17.1. The number of aromatic nitrogens is 3. The Morgan fingerprint density at radius 2 is 1.90 bits per heavy atom. The molecule has 0 atom stereocenters. The maximum atomic E-state index is 5.11. The summed E-state index contributed by atoms with van der Waals surface area (Å²) < 4.78 is 0. The molecule has 3 heterocycles. The maximum Gasteiger partial charge on any atom is 0.223 e. The van der Waals surface area contributed by atoms with E-state index < -0.39 is 0 Å². The first kappa shape index (κ1) is 18.6. The predicted molar refractivity (Wildman–Crippen MR) is 121 cm³/mol. The summed E-state index contributed by atoms with van der Waals surface area (Å²) in [4.78, 5) is 17.9. The van der Waals surface area contributed by atoms with Crippen molar-refractivity contribution in [2.24, 2.45) is 5.92 Å². The third kappa shape index (κ3) is 4.13. The van der Waals surface area contributed by atoms with Gasteiger partial charge < -0.3 is 10.2 Å². The van der Waals surface area contributed by atoms with Crippen molar-refractivity contribution in [2.75, 3.05) is 23.3 Å². The van der Waals surface area contributed by atoms with E-state index in [1.807, 2.05) is 12.3 Å². The molecule has 3 aromatic rings. The second-order valence-electron chi connectivity index (χ2n) is 8.40. The summed E-state index contributed by atoms with van der Waals surface area (Å²) in [6.07, 6.45) is 6.74. The van der Waals surface area contributed by atoms with Gasteiger partial charge in [-0.15, -0.1) is 0 Å². The van der Waals surface area contributed by atoms with E-state index in [2.05, 4.69) is 53.3 Å². The largest absolute Gasteiger partial charge is 0.351 e. The van der Waals surface area contributed by atoms with Crippen molar-refractivity contribution >= 4 is 22.4 Å². The third-order valence-corrected chi connectivity index (χ3v) is 6.90. The first-order valence-electron chi connectivity index (χ1n) is 10.6. The van der Waals surface area contributed by atoms with Crippen LogP contribution in [0.2, 0.25) is 0 Å². The zero-order valence-corrected chi connectivity index (χ0v) is 17.9. The van der Waals surface area contributed by atoms with E-state index in [-0.39, 0.29) is 0 Å². The molecule has 1 saturated heterocycles. The molecule has 2 aliphatic rings. The number of aryl methyl sites for hydroxylation is 1. The number of anilines is 2. The number of benzene rings is 1. The van der Waals surface area contributed by atoms with Crippen LogP contribution in [-0.4, -0.2) is 34.1 Å². The minimum Gasteiger partial charge on any atom is -0.351 e. The monoisotopic (exact) mass is 405 g/mol. The highest BCUT2D eigenvalue weighted by atomic mass is 32.1. The van der Waals surface area contributed by atoms with Crippen LogP contribution in [0, 0.1) is 12.8 Å². The van der Waals surface area contributed by atoms with Crippen molar-refractivity contribution in [3.8, 4) is 21.8 Å². The molecule has 0 amide bonds. The molecule has 1 aliphatic carbocycles. The Balaban J connectivity index is 1.55. The van der Waals surface area contributed by atoms with Gasteiger partial charge in [0.15, 0.2) is 5.13 Å². The van der Waals surface area contributed by atoms with E-state index in [0.29, 0.717) is 6.04 Å². The lowest BCUT2D eigenvalue weighted by Gasteiger charge is -2.29. The highest BCUT2D eigenvalue weighted by molar-refractivity contribution is 7.19. The average Bonchev–Trinajstić information content (AvgIpc) is 3.43. The molecule has 6 heteroatoms. The topological polar surface area (TPSA) is 53.9 Å². The van der Waals surface area contributed by atoms with Crippen LogP contribution in [0.15, 0.2) is 36.5 Å². The van der Waals surface area contributed by atoms with Gasteiger partial charge in [0.25, 0.3) is 0 Å². The van der Waals surface area contributed by atoms with Gasteiger partial charge in [0.2, 0.25) is 5.95 Å². The summed E-state index contributed by atoms with van der Waals surface area (Å²) in [6, 6.07) is 11.1. The third-order valence-electron chi connectivity index (χ3n) is 5.76. The standard InChI is InChI=1S/C23H27N5S/c1-15-9-12-28(13-10-15)23-27-20(17-5-3-4-16(2)14-17)21(29-23)19-8-11-24-22(26-19)25-18-6-7-18/h3-5,8,11,14-15,18H,6-7,9-10,12-13H2,1-2H3,(H,24,25,26). The Bertz CT molecular complexity index is 1000. The molecule has 2 fully saturated rings. The van der Waals surface area contributed by atoms with Gasteiger partial charge in [-0.3, -0.25) is 0 Å². The zero-order chi connectivity index (χ0) is 19.8. The summed E-state index contributed by atoms with van der Waals surface area (Å²) >= 11 is 1.76. The summed E-state index contributed by atoms with van der Waals surface area (Å²) in [5, 5.41) is 4.53. The highest BCUT2D eigenvalue weighted by Crippen LogP contribution is 2.41. The minimum absolute atomic E-state index is 0.536. The lowest BCUT2D eigenvalue weighted by atomic mass is 10.00. The summed E-state index contributed by atoms with van der Waals surface area (Å²) in [6.45, 7) is 6.64. The average molecular weight is 406 g/mol. The fourth-order valence-electron chi connectivity index (χ4n) is 3.77. The van der Waals surface area contributed by atoms with Gasteiger partial charge in [-0.1, -0.05) is 42.0 Å². The number of hydrogen-bond donors (Lipinski definition) is 1. The summed E-state index contributed by atoms with van der Waals surface area (Å²) in [7, 11) is 0. The summed E-state index contributed by atoms with van der Waals surface area (Å²) in [5.41, 5.74) is 4.38.